The highest BCUT2D eigenvalue weighted by Gasteiger charge is 2.18. The molecule has 0 bridgehead atoms. The smallest absolute Gasteiger partial charge is 0.0853 e. The number of rotatable bonds is 4. The quantitative estimate of drug-likeness (QED) is 0.807. The molecular weight excluding hydrogens is 272 g/mol. The molecule has 2 aromatic heterocycles. The maximum Gasteiger partial charge on any atom is 0.0853 e. The van der Waals surface area contributed by atoms with Crippen LogP contribution in [0.25, 0.3) is 0 Å². The van der Waals surface area contributed by atoms with E-state index >= 15 is 0 Å². The minimum atomic E-state index is 0.522. The molecule has 20 heavy (non-hydrogen) atoms. The van der Waals surface area contributed by atoms with Gasteiger partial charge in [0.25, 0.3) is 0 Å². The maximum absolute atomic E-state index is 5.97. The fourth-order valence-corrected chi connectivity index (χ4v) is 3.46. The molecule has 3 rings (SSSR count). The van der Waals surface area contributed by atoms with Gasteiger partial charge in [-0.25, -0.2) is 0 Å². The van der Waals surface area contributed by atoms with Gasteiger partial charge in [0.15, 0.2) is 0 Å². The summed E-state index contributed by atoms with van der Waals surface area (Å²) in [5, 5.41) is 9.28. The Morgan fingerprint density at radius 3 is 2.65 bits per heavy atom. The Kier molecular flexibility index (Phi) is 3.83. The molecule has 2 heterocycles. The molecule has 1 aliphatic rings. The molecule has 4 nitrogen and oxygen atoms in total. The molecule has 1 saturated carbocycles. The van der Waals surface area contributed by atoms with Gasteiger partial charge in [-0.05, 0) is 32.8 Å². The highest BCUT2D eigenvalue weighted by Crippen LogP contribution is 2.28. The summed E-state index contributed by atoms with van der Waals surface area (Å²) in [6.45, 7) is 4.81. The van der Waals surface area contributed by atoms with Gasteiger partial charge in [-0.1, -0.05) is 12.8 Å². The molecule has 0 spiro atoms. The molecule has 0 unspecified atom stereocenters. The van der Waals surface area contributed by atoms with Crippen LogP contribution in [-0.2, 0) is 12.4 Å². The lowest BCUT2D eigenvalue weighted by Crippen LogP contribution is -2.08. The zero-order valence-corrected chi connectivity index (χ0v) is 12.9. The molecule has 1 aliphatic carbocycles. The first-order valence-electron chi connectivity index (χ1n) is 7.32. The number of hydrogen-bond donors (Lipinski definition) is 0. The molecule has 0 atom stereocenters. The molecule has 2 aromatic rings. The summed E-state index contributed by atoms with van der Waals surface area (Å²) in [7, 11) is 0. The van der Waals surface area contributed by atoms with E-state index in [9.17, 15) is 0 Å². The van der Waals surface area contributed by atoms with Crippen LogP contribution < -0.4 is 0 Å². The molecule has 0 amide bonds. The van der Waals surface area contributed by atoms with Crippen molar-refractivity contribution in [3.05, 3.63) is 34.9 Å². The van der Waals surface area contributed by atoms with Crippen LogP contribution in [0.3, 0.4) is 0 Å². The van der Waals surface area contributed by atoms with Crippen molar-refractivity contribution in [2.45, 2.75) is 58.0 Å². The van der Waals surface area contributed by atoms with Gasteiger partial charge in [0, 0.05) is 17.5 Å². The lowest BCUT2D eigenvalue weighted by molar-refractivity contribution is 0.460. The fourth-order valence-electron chi connectivity index (χ4n) is 3.07. The Balaban J connectivity index is 1.78. The second kappa shape index (κ2) is 5.60. The Hall–Kier alpha value is -1.29. The van der Waals surface area contributed by atoms with E-state index in [-0.39, 0.29) is 0 Å². The van der Waals surface area contributed by atoms with Crippen LogP contribution in [0.2, 0.25) is 0 Å². The van der Waals surface area contributed by atoms with Gasteiger partial charge < -0.3 is 0 Å². The monoisotopic (exact) mass is 292 g/mol. The Morgan fingerprint density at radius 1 is 1.25 bits per heavy atom. The summed E-state index contributed by atoms with van der Waals surface area (Å²) in [5.74, 6) is 0.522. The van der Waals surface area contributed by atoms with Gasteiger partial charge in [-0.15, -0.1) is 11.6 Å². The van der Waals surface area contributed by atoms with E-state index in [0.717, 1.165) is 29.2 Å². The van der Waals surface area contributed by atoms with Crippen molar-refractivity contribution >= 4 is 11.6 Å². The largest absolute Gasteiger partial charge is 0.269 e. The van der Waals surface area contributed by atoms with Crippen molar-refractivity contribution in [1.82, 2.24) is 19.6 Å². The minimum Gasteiger partial charge on any atom is -0.269 e. The lowest BCUT2D eigenvalue weighted by Gasteiger charge is -2.09. The third-order valence-electron chi connectivity index (χ3n) is 4.34. The summed E-state index contributed by atoms with van der Waals surface area (Å²) in [4.78, 5) is 0. The molecule has 0 radical (unpaired) electrons. The SMILES string of the molecule is Cc1nn(Cc2ccn(C3CCCC3)n2)c(C)c1CCl. The van der Waals surface area contributed by atoms with Crippen molar-refractivity contribution in [3.8, 4) is 0 Å². The number of nitrogens with zero attached hydrogens (tertiary/aromatic N) is 4. The van der Waals surface area contributed by atoms with Crippen LogP contribution in [0, 0.1) is 13.8 Å². The average molecular weight is 293 g/mol. The van der Waals surface area contributed by atoms with Crippen LogP contribution in [0.5, 0.6) is 0 Å². The van der Waals surface area contributed by atoms with Crippen LogP contribution in [0.4, 0.5) is 0 Å². The predicted octanol–water partition coefficient (Wildman–Crippen LogP) is 3.60. The molecule has 1 fully saturated rings. The third-order valence-corrected chi connectivity index (χ3v) is 4.61. The fraction of sp³-hybridized carbons (Fsp3) is 0.600. The second-order valence-electron chi connectivity index (χ2n) is 5.67. The highest BCUT2D eigenvalue weighted by atomic mass is 35.5. The first-order valence-corrected chi connectivity index (χ1v) is 7.85. The molecular formula is C15H21ClN4. The predicted molar refractivity (Wildman–Crippen MR) is 80.1 cm³/mol. The van der Waals surface area contributed by atoms with Crippen molar-refractivity contribution < 1.29 is 0 Å². The second-order valence-corrected chi connectivity index (χ2v) is 5.93. The van der Waals surface area contributed by atoms with Crippen LogP contribution in [0.15, 0.2) is 12.3 Å². The van der Waals surface area contributed by atoms with Crippen molar-refractivity contribution in [2.75, 3.05) is 0 Å². The normalized spacial score (nSPS) is 16.1. The van der Waals surface area contributed by atoms with Gasteiger partial charge in [0.2, 0.25) is 0 Å². The number of hydrogen-bond acceptors (Lipinski definition) is 2. The Labute approximate surface area is 124 Å². The summed E-state index contributed by atoms with van der Waals surface area (Å²) in [6, 6.07) is 2.71. The molecule has 5 heteroatoms. The standard InChI is InChI=1S/C15H21ClN4/c1-11-15(9-16)12(2)20(17-11)10-13-7-8-19(18-13)14-5-3-4-6-14/h7-8,14H,3-6,9-10H2,1-2H3. The van der Waals surface area contributed by atoms with E-state index in [1.807, 2.05) is 11.6 Å². The van der Waals surface area contributed by atoms with E-state index in [1.54, 1.807) is 0 Å². The Bertz CT molecular complexity index is 593. The zero-order valence-electron chi connectivity index (χ0n) is 12.1. The van der Waals surface area contributed by atoms with Crippen molar-refractivity contribution in [1.29, 1.82) is 0 Å². The summed E-state index contributed by atoms with van der Waals surface area (Å²) in [5.41, 5.74) is 4.38. The molecule has 108 valence electrons. The van der Waals surface area contributed by atoms with Crippen molar-refractivity contribution in [3.63, 3.8) is 0 Å². The first kappa shape index (κ1) is 13.7. The van der Waals surface area contributed by atoms with Crippen LogP contribution in [0.1, 0.15) is 54.4 Å². The number of aryl methyl sites for hydroxylation is 1. The number of alkyl halides is 1. The van der Waals surface area contributed by atoms with E-state index < -0.39 is 0 Å². The third kappa shape index (κ3) is 2.49. The first-order chi connectivity index (χ1) is 9.69. The van der Waals surface area contributed by atoms with E-state index in [0.29, 0.717) is 11.9 Å². The van der Waals surface area contributed by atoms with E-state index in [2.05, 4.69) is 29.0 Å². The summed E-state index contributed by atoms with van der Waals surface area (Å²) in [6.07, 6.45) is 7.29. The molecule has 0 saturated heterocycles. The van der Waals surface area contributed by atoms with Crippen molar-refractivity contribution in [2.24, 2.45) is 0 Å². The molecule has 0 N–H and O–H groups in total. The van der Waals surface area contributed by atoms with Crippen LogP contribution >= 0.6 is 11.6 Å². The van der Waals surface area contributed by atoms with E-state index in [4.69, 9.17) is 16.7 Å². The van der Waals surface area contributed by atoms with Gasteiger partial charge in [-0.2, -0.15) is 10.2 Å². The minimum absolute atomic E-state index is 0.522. The van der Waals surface area contributed by atoms with Gasteiger partial charge in [0.1, 0.15) is 0 Å². The molecule has 0 aromatic carbocycles. The number of halogens is 1. The van der Waals surface area contributed by atoms with Crippen LogP contribution in [-0.4, -0.2) is 19.6 Å². The van der Waals surface area contributed by atoms with Gasteiger partial charge in [0.05, 0.1) is 29.9 Å². The summed E-state index contributed by atoms with van der Waals surface area (Å²) >= 11 is 5.97. The Morgan fingerprint density at radius 2 is 2.00 bits per heavy atom. The average Bonchev–Trinajstić information content (AvgIpc) is 3.12. The number of aromatic nitrogens is 4. The van der Waals surface area contributed by atoms with Gasteiger partial charge in [-0.3, -0.25) is 9.36 Å². The lowest BCUT2D eigenvalue weighted by atomic mass is 10.2. The van der Waals surface area contributed by atoms with E-state index in [1.165, 1.54) is 25.7 Å². The maximum atomic E-state index is 5.97. The topological polar surface area (TPSA) is 35.6 Å². The zero-order chi connectivity index (χ0) is 14.1. The summed E-state index contributed by atoms with van der Waals surface area (Å²) < 4.78 is 4.14. The van der Waals surface area contributed by atoms with Gasteiger partial charge >= 0.3 is 0 Å². The highest BCUT2D eigenvalue weighted by molar-refractivity contribution is 6.17. The molecule has 0 aliphatic heterocycles.